The first-order valence-corrected chi connectivity index (χ1v) is 11.4. The van der Waals surface area contributed by atoms with Crippen LogP contribution in [0.15, 0.2) is 47.5 Å². The van der Waals surface area contributed by atoms with E-state index in [0.29, 0.717) is 18.7 Å². The summed E-state index contributed by atoms with van der Waals surface area (Å²) in [6.45, 7) is 6.25. The number of phenolic OH excluding ortho intramolecular Hbond substituents is 2. The number of carbonyl (C=O) groups is 3. The molecule has 10 heteroatoms. The number of aromatic hydroxyl groups is 2. The molecule has 0 spiro atoms. The average Bonchev–Trinajstić information content (AvgIpc) is 3.37. The highest BCUT2D eigenvalue weighted by atomic mass is 16.5. The first kappa shape index (κ1) is 23.3. The molecule has 3 heterocycles. The minimum atomic E-state index is -1.54. The molecule has 2 aromatic heterocycles. The van der Waals surface area contributed by atoms with Crippen LogP contribution in [0.25, 0.3) is 5.65 Å². The number of fused-ring (bicyclic) bond motifs is 4. The van der Waals surface area contributed by atoms with Crippen LogP contribution in [0.5, 0.6) is 17.2 Å². The number of carbonyl (C=O) groups excluding carboxylic acids is 3. The van der Waals surface area contributed by atoms with E-state index in [1.54, 1.807) is 6.92 Å². The van der Waals surface area contributed by atoms with Crippen molar-refractivity contribution < 1.29 is 29.3 Å². The number of allylic oxidation sites excluding steroid dienone is 4. The predicted molar refractivity (Wildman–Crippen MR) is 128 cm³/mol. The summed E-state index contributed by atoms with van der Waals surface area (Å²) >= 11 is 0. The number of ketones is 3. The third kappa shape index (κ3) is 3.14. The number of pyridine rings is 1. The van der Waals surface area contributed by atoms with E-state index in [4.69, 9.17) is 4.74 Å². The maximum absolute atomic E-state index is 13.8. The van der Waals surface area contributed by atoms with Gasteiger partial charge in [-0.15, -0.1) is 10.2 Å². The lowest BCUT2D eigenvalue weighted by molar-refractivity contribution is -0.123. The van der Waals surface area contributed by atoms with Gasteiger partial charge >= 0.3 is 0 Å². The third-order valence-corrected chi connectivity index (χ3v) is 6.88. The fourth-order valence-electron chi connectivity index (χ4n) is 4.87. The zero-order chi connectivity index (χ0) is 25.9. The van der Waals surface area contributed by atoms with Crippen molar-refractivity contribution in [1.29, 1.82) is 0 Å². The van der Waals surface area contributed by atoms with Gasteiger partial charge < -0.3 is 20.3 Å². The highest BCUT2D eigenvalue weighted by Crippen LogP contribution is 2.57. The fourth-order valence-corrected chi connectivity index (χ4v) is 4.87. The number of hydrogen-bond donors (Lipinski definition) is 3. The van der Waals surface area contributed by atoms with Gasteiger partial charge in [-0.2, -0.15) is 0 Å². The molecule has 0 radical (unpaired) electrons. The Kier molecular flexibility index (Phi) is 5.20. The summed E-state index contributed by atoms with van der Waals surface area (Å²) in [6.07, 6.45) is 3.55. The highest BCUT2D eigenvalue weighted by Gasteiger charge is 2.56. The van der Waals surface area contributed by atoms with Gasteiger partial charge in [0.05, 0.1) is 11.1 Å². The van der Waals surface area contributed by atoms with Crippen molar-refractivity contribution in [1.82, 2.24) is 19.9 Å². The summed E-state index contributed by atoms with van der Waals surface area (Å²) in [5.74, 6) is -1.78. The summed E-state index contributed by atoms with van der Waals surface area (Å²) in [5.41, 5.74) is -0.557. The molecular weight excluding hydrogens is 464 g/mol. The Morgan fingerprint density at radius 3 is 2.64 bits per heavy atom. The van der Waals surface area contributed by atoms with E-state index in [9.17, 15) is 24.6 Å². The van der Waals surface area contributed by atoms with Gasteiger partial charge in [0.25, 0.3) is 0 Å². The van der Waals surface area contributed by atoms with Crippen LogP contribution >= 0.6 is 0 Å². The van der Waals surface area contributed by atoms with Crippen molar-refractivity contribution in [3.63, 3.8) is 0 Å². The molecule has 0 saturated heterocycles. The number of aromatic nitrogens is 3. The van der Waals surface area contributed by atoms with Crippen molar-refractivity contribution >= 4 is 23.0 Å². The summed E-state index contributed by atoms with van der Waals surface area (Å²) < 4.78 is 7.64. The van der Waals surface area contributed by atoms with E-state index >= 15 is 0 Å². The van der Waals surface area contributed by atoms with Crippen LogP contribution < -0.4 is 10.1 Å². The average molecular weight is 489 g/mol. The molecule has 36 heavy (non-hydrogen) atoms. The number of ether oxygens (including phenoxy) is 1. The van der Waals surface area contributed by atoms with Gasteiger partial charge in [0.1, 0.15) is 39.8 Å². The van der Waals surface area contributed by atoms with Crippen molar-refractivity contribution in [2.75, 3.05) is 6.54 Å². The number of rotatable bonds is 5. The SMILES string of the molecule is CC(=O)c1c(O)c(C)c(O)c2c1OC1=CC(=O)/C(=C(/C)NCCc3nnc4ccccn34)C(=O)[C@@]12C. The van der Waals surface area contributed by atoms with E-state index < -0.39 is 28.5 Å². The Bertz CT molecular complexity index is 1560. The zero-order valence-corrected chi connectivity index (χ0v) is 20.2. The molecule has 3 aromatic rings. The molecule has 3 N–H and O–H groups in total. The maximum Gasteiger partial charge on any atom is 0.194 e. The van der Waals surface area contributed by atoms with E-state index in [0.717, 1.165) is 11.5 Å². The van der Waals surface area contributed by atoms with Gasteiger partial charge in [0.2, 0.25) is 0 Å². The number of Topliss-reactive ketones (excluding diaryl/α,β-unsaturated/α-hetero) is 2. The van der Waals surface area contributed by atoms with Gasteiger partial charge in [-0.05, 0) is 39.8 Å². The Labute approximate surface area is 205 Å². The highest BCUT2D eigenvalue weighted by molar-refractivity contribution is 6.31. The topological polar surface area (TPSA) is 143 Å². The molecule has 1 aromatic carbocycles. The smallest absolute Gasteiger partial charge is 0.194 e. The monoisotopic (exact) mass is 488 g/mol. The molecule has 5 rings (SSSR count). The van der Waals surface area contributed by atoms with Gasteiger partial charge in [-0.25, -0.2) is 0 Å². The number of hydrogen-bond acceptors (Lipinski definition) is 9. The minimum Gasteiger partial charge on any atom is -0.507 e. The fraction of sp³-hybridized carbons (Fsp3) is 0.269. The van der Waals surface area contributed by atoms with Crippen LogP contribution in [-0.2, 0) is 21.4 Å². The predicted octanol–water partition coefficient (Wildman–Crippen LogP) is 2.44. The maximum atomic E-state index is 13.8. The molecule has 10 nitrogen and oxygen atoms in total. The largest absolute Gasteiger partial charge is 0.507 e. The van der Waals surface area contributed by atoms with Crippen LogP contribution in [0.3, 0.4) is 0 Å². The minimum absolute atomic E-state index is 0.00165. The molecule has 2 aliphatic rings. The summed E-state index contributed by atoms with van der Waals surface area (Å²) in [6, 6.07) is 5.59. The molecule has 1 aliphatic carbocycles. The summed E-state index contributed by atoms with van der Waals surface area (Å²) in [7, 11) is 0. The van der Waals surface area contributed by atoms with Gasteiger partial charge in [-0.1, -0.05) is 6.07 Å². The number of nitrogens with zero attached hydrogens (tertiary/aromatic N) is 3. The quantitative estimate of drug-likeness (QED) is 0.280. The van der Waals surface area contributed by atoms with E-state index in [-0.39, 0.29) is 39.5 Å². The first-order valence-electron chi connectivity index (χ1n) is 11.4. The van der Waals surface area contributed by atoms with E-state index in [2.05, 4.69) is 15.5 Å². The molecule has 1 atom stereocenters. The Morgan fingerprint density at radius 2 is 1.92 bits per heavy atom. The second-order valence-electron chi connectivity index (χ2n) is 9.11. The molecule has 0 bridgehead atoms. The normalized spacial score (nSPS) is 20.1. The van der Waals surface area contributed by atoms with Crippen LogP contribution in [0.2, 0.25) is 0 Å². The first-order chi connectivity index (χ1) is 17.1. The van der Waals surface area contributed by atoms with Crippen molar-refractivity contribution in [2.45, 2.75) is 39.5 Å². The lowest BCUT2D eigenvalue weighted by Gasteiger charge is -2.29. The molecular formula is C26H24N4O6. The zero-order valence-electron chi connectivity index (χ0n) is 20.2. The van der Waals surface area contributed by atoms with E-state index in [1.807, 2.05) is 28.8 Å². The Balaban J connectivity index is 1.51. The Morgan fingerprint density at radius 1 is 1.17 bits per heavy atom. The summed E-state index contributed by atoms with van der Waals surface area (Å²) in [4.78, 5) is 39.1. The second kappa shape index (κ2) is 8.04. The summed E-state index contributed by atoms with van der Waals surface area (Å²) in [5, 5.41) is 32.8. The number of benzene rings is 1. The second-order valence-corrected chi connectivity index (χ2v) is 9.11. The Hall–Kier alpha value is -4.47. The van der Waals surface area contributed by atoms with E-state index in [1.165, 1.54) is 26.8 Å². The number of phenols is 2. The molecule has 0 fully saturated rings. The van der Waals surface area contributed by atoms with Crippen molar-refractivity contribution in [3.8, 4) is 17.2 Å². The molecule has 0 amide bonds. The van der Waals surface area contributed by atoms with Crippen molar-refractivity contribution in [3.05, 3.63) is 70.0 Å². The van der Waals surface area contributed by atoms with Crippen molar-refractivity contribution in [2.24, 2.45) is 0 Å². The molecule has 184 valence electrons. The van der Waals surface area contributed by atoms with Crippen LogP contribution in [0.1, 0.15) is 48.1 Å². The van der Waals surface area contributed by atoms with Crippen LogP contribution in [-0.4, -0.2) is 48.7 Å². The molecule has 0 saturated carbocycles. The number of nitrogens with one attached hydrogen (secondary N) is 1. The molecule has 1 aliphatic heterocycles. The van der Waals surface area contributed by atoms with Gasteiger partial charge in [0.15, 0.2) is 23.0 Å². The molecule has 0 unspecified atom stereocenters. The lowest BCUT2D eigenvalue weighted by Crippen LogP contribution is -2.41. The van der Waals surface area contributed by atoms with Crippen LogP contribution in [0.4, 0.5) is 0 Å². The van der Waals surface area contributed by atoms with Gasteiger partial charge in [0, 0.05) is 36.5 Å². The van der Waals surface area contributed by atoms with Crippen LogP contribution in [0, 0.1) is 6.92 Å². The third-order valence-electron chi connectivity index (χ3n) is 6.88. The van der Waals surface area contributed by atoms with Gasteiger partial charge in [-0.3, -0.25) is 18.8 Å². The lowest BCUT2D eigenvalue weighted by atomic mass is 9.70. The standard InChI is InChI=1S/C26H24N4O6/c1-12-22(33)20(14(3)31)24-21(23(12)34)26(4)16(36-24)11-15(32)19(25(26)35)13(2)27-9-8-18-29-28-17-7-5-6-10-30(17)18/h5-7,10-11,27,33-34H,8-9H2,1-4H3/b19-13+/t26-/m0/s1.